The predicted molar refractivity (Wildman–Crippen MR) is 74.1 cm³/mol. The maximum absolute atomic E-state index is 14.2. The van der Waals surface area contributed by atoms with Crippen LogP contribution in [0.4, 0.5) is 8.78 Å². The van der Waals surface area contributed by atoms with Crippen molar-refractivity contribution in [1.82, 2.24) is 5.32 Å². The van der Waals surface area contributed by atoms with E-state index in [1.54, 1.807) is 6.92 Å². The first-order chi connectivity index (χ1) is 8.98. The van der Waals surface area contributed by atoms with Crippen LogP contribution in [0, 0.1) is 24.0 Å². The summed E-state index contributed by atoms with van der Waals surface area (Å²) in [6.45, 7) is 3.78. The fourth-order valence-corrected chi connectivity index (χ4v) is 3.41. The lowest BCUT2D eigenvalue weighted by Crippen LogP contribution is -2.36. The fourth-order valence-electron chi connectivity index (χ4n) is 3.41. The van der Waals surface area contributed by atoms with Crippen LogP contribution in [0.25, 0.3) is 0 Å². The Morgan fingerprint density at radius 2 is 1.74 bits per heavy atom. The third-order valence-corrected chi connectivity index (χ3v) is 4.57. The van der Waals surface area contributed by atoms with Crippen molar-refractivity contribution >= 4 is 0 Å². The lowest BCUT2D eigenvalue weighted by atomic mass is 9.68. The molecule has 1 nitrogen and oxygen atoms in total. The molecule has 0 radical (unpaired) electrons. The fraction of sp³-hybridized carbons (Fsp3) is 0.625. The molecule has 0 spiro atoms. The summed E-state index contributed by atoms with van der Waals surface area (Å²) >= 11 is 0. The van der Waals surface area contributed by atoms with Crippen molar-refractivity contribution in [1.29, 1.82) is 0 Å². The van der Waals surface area contributed by atoms with Gasteiger partial charge in [-0.05, 0) is 49.9 Å². The quantitative estimate of drug-likeness (QED) is 0.850. The average molecular weight is 267 g/mol. The lowest BCUT2D eigenvalue weighted by molar-refractivity contribution is 0.147. The number of benzene rings is 1. The van der Waals surface area contributed by atoms with Crippen LogP contribution in [0.2, 0.25) is 0 Å². The largest absolute Gasteiger partial charge is 0.312 e. The summed E-state index contributed by atoms with van der Waals surface area (Å²) in [5, 5.41) is 3.21. The molecule has 0 bridgehead atoms. The third kappa shape index (κ3) is 2.81. The third-order valence-electron chi connectivity index (χ3n) is 4.57. The van der Waals surface area contributed by atoms with E-state index in [-0.39, 0.29) is 23.1 Å². The van der Waals surface area contributed by atoms with Gasteiger partial charge in [0, 0.05) is 11.6 Å². The molecule has 106 valence electrons. The van der Waals surface area contributed by atoms with E-state index in [9.17, 15) is 8.78 Å². The van der Waals surface area contributed by atoms with Crippen LogP contribution < -0.4 is 5.32 Å². The molecule has 0 aromatic heterocycles. The van der Waals surface area contributed by atoms with Gasteiger partial charge in [0.15, 0.2) is 0 Å². The van der Waals surface area contributed by atoms with E-state index in [4.69, 9.17) is 0 Å². The predicted octanol–water partition coefficient (Wildman–Crippen LogP) is 4.50. The van der Waals surface area contributed by atoms with Gasteiger partial charge in [-0.15, -0.1) is 0 Å². The van der Waals surface area contributed by atoms with Crippen LogP contribution in [-0.2, 0) is 0 Å². The molecule has 2 rings (SSSR count). The van der Waals surface area contributed by atoms with E-state index in [2.05, 4.69) is 12.2 Å². The number of aryl methyl sites for hydroxylation is 1. The second kappa shape index (κ2) is 5.58. The summed E-state index contributed by atoms with van der Waals surface area (Å²) in [6.07, 6.45) is 5.72. The number of nitrogens with one attached hydrogen (secondary N) is 1. The molecule has 1 aliphatic rings. The first-order valence-electron chi connectivity index (χ1n) is 7.11. The zero-order valence-corrected chi connectivity index (χ0v) is 12.0. The minimum Gasteiger partial charge on any atom is -0.312 e. The van der Waals surface area contributed by atoms with Crippen LogP contribution in [0.1, 0.15) is 56.2 Å². The van der Waals surface area contributed by atoms with E-state index in [1.807, 2.05) is 7.05 Å². The van der Waals surface area contributed by atoms with E-state index >= 15 is 0 Å². The molecule has 0 aliphatic heterocycles. The van der Waals surface area contributed by atoms with Crippen molar-refractivity contribution < 1.29 is 8.78 Å². The molecule has 3 heteroatoms. The van der Waals surface area contributed by atoms with E-state index < -0.39 is 0 Å². The van der Waals surface area contributed by atoms with Gasteiger partial charge in [-0.2, -0.15) is 0 Å². The van der Waals surface area contributed by atoms with E-state index in [1.165, 1.54) is 31.4 Å². The molecule has 1 atom stereocenters. The summed E-state index contributed by atoms with van der Waals surface area (Å²) in [7, 11) is 1.84. The Labute approximate surface area is 114 Å². The molecule has 19 heavy (non-hydrogen) atoms. The Morgan fingerprint density at radius 1 is 1.11 bits per heavy atom. The van der Waals surface area contributed by atoms with Gasteiger partial charge >= 0.3 is 0 Å². The summed E-state index contributed by atoms with van der Waals surface area (Å²) in [6, 6.07) is 2.55. The Kier molecular flexibility index (Phi) is 4.24. The summed E-state index contributed by atoms with van der Waals surface area (Å²) < 4.78 is 27.9. The molecule has 0 amide bonds. The zero-order valence-electron chi connectivity index (χ0n) is 12.0. The van der Waals surface area contributed by atoms with E-state index in [0.29, 0.717) is 11.1 Å². The number of rotatable bonds is 3. The second-order valence-electron chi connectivity index (χ2n) is 6.06. The zero-order chi connectivity index (χ0) is 14.0. The summed E-state index contributed by atoms with van der Waals surface area (Å²) in [5.74, 6) is -0.624. The average Bonchev–Trinajstić information content (AvgIpc) is 2.37. The van der Waals surface area contributed by atoms with Crippen molar-refractivity contribution in [2.45, 2.75) is 52.0 Å². The van der Waals surface area contributed by atoms with Gasteiger partial charge in [-0.3, -0.25) is 0 Å². The Morgan fingerprint density at radius 3 is 2.32 bits per heavy atom. The highest BCUT2D eigenvalue weighted by atomic mass is 19.1. The van der Waals surface area contributed by atoms with Crippen LogP contribution in [-0.4, -0.2) is 7.05 Å². The molecule has 0 heterocycles. The van der Waals surface area contributed by atoms with Crippen molar-refractivity contribution in [2.24, 2.45) is 5.41 Å². The smallest absolute Gasteiger partial charge is 0.128 e. The van der Waals surface area contributed by atoms with Crippen LogP contribution in [0.15, 0.2) is 12.1 Å². The summed E-state index contributed by atoms with van der Waals surface area (Å²) in [5.41, 5.74) is 0.843. The summed E-state index contributed by atoms with van der Waals surface area (Å²) in [4.78, 5) is 0. The molecule has 1 aliphatic carbocycles. The van der Waals surface area contributed by atoms with E-state index in [0.717, 1.165) is 12.8 Å². The molecule has 1 saturated carbocycles. The standard InChI is InChI=1S/C16H23F2N/c1-11-9-14(18)12(10-13(11)17)15(19-3)16(2)7-5-4-6-8-16/h9-10,15,19H,4-8H2,1-3H3. The molecular formula is C16H23F2N. The Bertz CT molecular complexity index is 450. The first kappa shape index (κ1) is 14.4. The first-order valence-corrected chi connectivity index (χ1v) is 7.11. The minimum absolute atomic E-state index is 0.00946. The van der Waals surface area contributed by atoms with Gasteiger partial charge in [0.1, 0.15) is 11.6 Å². The SMILES string of the molecule is CNC(c1cc(F)c(C)cc1F)C1(C)CCCCC1. The van der Waals surface area contributed by atoms with Gasteiger partial charge in [0.25, 0.3) is 0 Å². The lowest BCUT2D eigenvalue weighted by Gasteiger charge is -2.41. The molecule has 1 aromatic rings. The minimum atomic E-state index is -0.323. The molecule has 1 N–H and O–H groups in total. The topological polar surface area (TPSA) is 12.0 Å². The molecule has 1 unspecified atom stereocenters. The number of halogens is 2. The Hall–Kier alpha value is -0.960. The second-order valence-corrected chi connectivity index (χ2v) is 6.06. The van der Waals surface area contributed by atoms with Crippen molar-refractivity contribution in [2.75, 3.05) is 7.05 Å². The van der Waals surface area contributed by atoms with Gasteiger partial charge in [-0.25, -0.2) is 8.78 Å². The van der Waals surface area contributed by atoms with Gasteiger partial charge < -0.3 is 5.32 Å². The number of hydrogen-bond donors (Lipinski definition) is 1. The molecular weight excluding hydrogens is 244 g/mol. The molecule has 0 saturated heterocycles. The monoisotopic (exact) mass is 267 g/mol. The maximum Gasteiger partial charge on any atom is 0.128 e. The molecule has 1 aromatic carbocycles. The van der Waals surface area contributed by atoms with Crippen molar-refractivity contribution in [3.05, 3.63) is 34.9 Å². The van der Waals surface area contributed by atoms with Gasteiger partial charge in [0.05, 0.1) is 0 Å². The van der Waals surface area contributed by atoms with Crippen LogP contribution in [0.5, 0.6) is 0 Å². The highest BCUT2D eigenvalue weighted by Gasteiger charge is 2.37. The highest BCUT2D eigenvalue weighted by Crippen LogP contribution is 2.46. The normalized spacial score (nSPS) is 20.3. The van der Waals surface area contributed by atoms with Crippen molar-refractivity contribution in [3.63, 3.8) is 0 Å². The Balaban J connectivity index is 2.39. The van der Waals surface area contributed by atoms with Gasteiger partial charge in [-0.1, -0.05) is 26.2 Å². The van der Waals surface area contributed by atoms with Crippen LogP contribution >= 0.6 is 0 Å². The van der Waals surface area contributed by atoms with Gasteiger partial charge in [0.2, 0.25) is 0 Å². The molecule has 1 fully saturated rings. The number of hydrogen-bond acceptors (Lipinski definition) is 1. The van der Waals surface area contributed by atoms with Crippen LogP contribution in [0.3, 0.4) is 0 Å². The maximum atomic E-state index is 14.2. The van der Waals surface area contributed by atoms with Crippen molar-refractivity contribution in [3.8, 4) is 0 Å². The highest BCUT2D eigenvalue weighted by molar-refractivity contribution is 5.29.